The number of hydrogen-bond donors (Lipinski definition) is 0. The Balaban J connectivity index is 2.55. The van der Waals surface area contributed by atoms with Gasteiger partial charge in [-0.15, -0.1) is 0 Å². The largest absolute Gasteiger partial charge is 0.105 e. The summed E-state index contributed by atoms with van der Waals surface area (Å²) in [7, 11) is 3.46. The minimum absolute atomic E-state index is 1.02. The molecule has 0 amide bonds. The molecule has 1 aromatic carbocycles. The van der Waals surface area contributed by atoms with Crippen molar-refractivity contribution in [1.29, 1.82) is 0 Å². The van der Waals surface area contributed by atoms with Gasteiger partial charge in [-0.05, 0) is 25.0 Å². The van der Waals surface area contributed by atoms with E-state index in [0.29, 0.717) is 0 Å². The van der Waals surface area contributed by atoms with E-state index in [1.807, 2.05) is 0 Å². The molecular formula is C11H10S3. The molecule has 0 aliphatic heterocycles. The van der Waals surface area contributed by atoms with Crippen molar-refractivity contribution >= 4 is 32.9 Å². The fourth-order valence-corrected chi connectivity index (χ4v) is 4.17. The fourth-order valence-electron chi connectivity index (χ4n) is 1.27. The highest BCUT2D eigenvalue weighted by Crippen LogP contribution is 2.33. The second-order valence-corrected chi connectivity index (χ2v) is 6.09. The molecule has 0 bridgehead atoms. The molecule has 14 heavy (non-hydrogen) atoms. The van der Waals surface area contributed by atoms with Gasteiger partial charge in [-0.25, -0.2) is 0 Å². The third kappa shape index (κ3) is 1.80. The second-order valence-electron chi connectivity index (χ2n) is 3.27. The van der Waals surface area contributed by atoms with Gasteiger partial charge < -0.3 is 0 Å². The fraction of sp³-hybridized carbons (Fsp3) is 0.182. The van der Waals surface area contributed by atoms with Gasteiger partial charge in [0.25, 0.3) is 0 Å². The van der Waals surface area contributed by atoms with E-state index >= 15 is 0 Å². The van der Waals surface area contributed by atoms with E-state index in [9.17, 15) is 0 Å². The van der Waals surface area contributed by atoms with Gasteiger partial charge in [0.2, 0.25) is 0 Å². The standard InChI is InChI=1S/C11H10S3/c1-7-3-5-9(6-4-7)10-8(2)11(12)14-13-10/h3-6H,1-2H3. The maximum absolute atomic E-state index is 5.23. The predicted molar refractivity (Wildman–Crippen MR) is 67.9 cm³/mol. The minimum Gasteiger partial charge on any atom is -0.0783 e. The Bertz CT molecular complexity index is 488. The molecule has 1 heterocycles. The molecule has 0 N–H and O–H groups in total. The molecule has 0 spiro atoms. The maximum Gasteiger partial charge on any atom is 0.105 e. The average molecular weight is 238 g/mol. The smallest absolute Gasteiger partial charge is 0.0783 e. The van der Waals surface area contributed by atoms with E-state index < -0.39 is 0 Å². The lowest BCUT2D eigenvalue weighted by atomic mass is 10.1. The van der Waals surface area contributed by atoms with Crippen LogP contribution in [0.3, 0.4) is 0 Å². The summed E-state index contributed by atoms with van der Waals surface area (Å²) in [5, 5.41) is 0. The van der Waals surface area contributed by atoms with Crippen molar-refractivity contribution in [3.05, 3.63) is 39.2 Å². The topological polar surface area (TPSA) is 0 Å². The number of benzene rings is 1. The third-order valence-electron chi connectivity index (χ3n) is 2.16. The summed E-state index contributed by atoms with van der Waals surface area (Å²) in [6, 6.07) is 8.61. The van der Waals surface area contributed by atoms with E-state index in [-0.39, 0.29) is 0 Å². The lowest BCUT2D eigenvalue weighted by Crippen LogP contribution is -1.77. The van der Waals surface area contributed by atoms with Gasteiger partial charge in [-0.2, -0.15) is 0 Å². The minimum atomic E-state index is 1.02. The Labute approximate surface area is 96.2 Å². The Morgan fingerprint density at radius 1 is 1.00 bits per heavy atom. The molecule has 0 atom stereocenters. The van der Waals surface area contributed by atoms with Crippen molar-refractivity contribution in [2.24, 2.45) is 0 Å². The molecule has 0 radical (unpaired) electrons. The van der Waals surface area contributed by atoms with Crippen molar-refractivity contribution in [1.82, 2.24) is 0 Å². The van der Waals surface area contributed by atoms with Crippen molar-refractivity contribution in [2.45, 2.75) is 13.8 Å². The number of aryl methyl sites for hydroxylation is 1. The Morgan fingerprint density at radius 3 is 2.14 bits per heavy atom. The molecule has 1 aromatic heterocycles. The van der Waals surface area contributed by atoms with Crippen molar-refractivity contribution in [3.63, 3.8) is 0 Å². The second kappa shape index (κ2) is 3.93. The van der Waals surface area contributed by atoms with Crippen LogP contribution in [0.25, 0.3) is 10.4 Å². The molecule has 0 saturated carbocycles. The summed E-state index contributed by atoms with van der Waals surface area (Å²) in [5.41, 5.74) is 3.83. The first-order valence-electron chi connectivity index (χ1n) is 4.35. The van der Waals surface area contributed by atoms with Crippen LogP contribution in [0, 0.1) is 17.7 Å². The van der Waals surface area contributed by atoms with Crippen LogP contribution in [0.1, 0.15) is 11.1 Å². The van der Waals surface area contributed by atoms with Gasteiger partial charge in [0.05, 0.1) is 4.88 Å². The van der Waals surface area contributed by atoms with E-state index in [0.717, 1.165) is 3.82 Å². The van der Waals surface area contributed by atoms with E-state index in [1.165, 1.54) is 21.6 Å². The van der Waals surface area contributed by atoms with Crippen molar-refractivity contribution < 1.29 is 0 Å². The Kier molecular flexibility index (Phi) is 2.81. The maximum atomic E-state index is 5.23. The van der Waals surface area contributed by atoms with Crippen LogP contribution in [0.15, 0.2) is 24.3 Å². The van der Waals surface area contributed by atoms with Crippen LogP contribution in [-0.2, 0) is 0 Å². The number of rotatable bonds is 1. The van der Waals surface area contributed by atoms with Gasteiger partial charge in [-0.3, -0.25) is 0 Å². The van der Waals surface area contributed by atoms with Crippen LogP contribution < -0.4 is 0 Å². The molecule has 2 aromatic rings. The normalized spacial score (nSPS) is 10.4. The van der Waals surface area contributed by atoms with Gasteiger partial charge in [0.1, 0.15) is 3.82 Å². The Hall–Kier alpha value is -0.510. The molecule has 0 saturated heterocycles. The summed E-state index contributed by atoms with van der Waals surface area (Å²) >= 11 is 5.23. The molecule has 72 valence electrons. The average Bonchev–Trinajstić information content (AvgIpc) is 2.50. The number of hydrogen-bond acceptors (Lipinski definition) is 3. The molecule has 0 aliphatic carbocycles. The van der Waals surface area contributed by atoms with Crippen molar-refractivity contribution in [3.8, 4) is 10.4 Å². The highest BCUT2D eigenvalue weighted by Gasteiger charge is 2.05. The first-order valence-corrected chi connectivity index (χ1v) is 6.91. The monoisotopic (exact) mass is 238 g/mol. The molecule has 3 heteroatoms. The lowest BCUT2D eigenvalue weighted by molar-refractivity contribution is 1.46. The van der Waals surface area contributed by atoms with Crippen LogP contribution in [0.2, 0.25) is 0 Å². The van der Waals surface area contributed by atoms with Crippen LogP contribution in [0.4, 0.5) is 0 Å². The molecule has 0 nitrogen and oxygen atoms in total. The molecule has 0 aliphatic rings. The first-order chi connectivity index (χ1) is 6.68. The van der Waals surface area contributed by atoms with Gasteiger partial charge >= 0.3 is 0 Å². The van der Waals surface area contributed by atoms with Crippen LogP contribution in [0.5, 0.6) is 0 Å². The SMILES string of the molecule is Cc1ccc(-c2ssc(=S)c2C)cc1. The molecule has 2 rings (SSSR count). The van der Waals surface area contributed by atoms with E-state index in [4.69, 9.17) is 12.2 Å². The van der Waals surface area contributed by atoms with E-state index in [1.54, 1.807) is 20.7 Å². The lowest BCUT2D eigenvalue weighted by Gasteiger charge is -1.99. The summed E-state index contributed by atoms with van der Waals surface area (Å²) in [5.74, 6) is 0. The predicted octanol–water partition coefficient (Wildman–Crippen LogP) is 4.82. The summed E-state index contributed by atoms with van der Waals surface area (Å²) < 4.78 is 1.02. The summed E-state index contributed by atoms with van der Waals surface area (Å²) in [4.78, 5) is 1.32. The Morgan fingerprint density at radius 2 is 1.64 bits per heavy atom. The van der Waals surface area contributed by atoms with Gasteiger partial charge in [0.15, 0.2) is 0 Å². The molecule has 0 unspecified atom stereocenters. The van der Waals surface area contributed by atoms with Crippen LogP contribution in [-0.4, -0.2) is 0 Å². The zero-order valence-electron chi connectivity index (χ0n) is 8.03. The first kappa shape index (κ1) is 10.0. The summed E-state index contributed by atoms with van der Waals surface area (Å²) in [6.07, 6.45) is 0. The quantitative estimate of drug-likeness (QED) is 0.507. The van der Waals surface area contributed by atoms with Crippen LogP contribution >= 0.6 is 32.9 Å². The summed E-state index contributed by atoms with van der Waals surface area (Å²) in [6.45, 7) is 4.21. The zero-order valence-corrected chi connectivity index (χ0v) is 10.5. The highest BCUT2D eigenvalue weighted by molar-refractivity contribution is 7.80. The van der Waals surface area contributed by atoms with Gasteiger partial charge in [-0.1, -0.05) is 62.7 Å². The van der Waals surface area contributed by atoms with Crippen molar-refractivity contribution in [2.75, 3.05) is 0 Å². The zero-order chi connectivity index (χ0) is 10.1. The molecule has 0 fully saturated rings. The third-order valence-corrected chi connectivity index (χ3v) is 5.53. The highest BCUT2D eigenvalue weighted by atomic mass is 32.9. The van der Waals surface area contributed by atoms with E-state index in [2.05, 4.69) is 38.1 Å². The van der Waals surface area contributed by atoms with Gasteiger partial charge in [0, 0.05) is 0 Å². The molecular weight excluding hydrogens is 228 g/mol.